The second-order valence-corrected chi connectivity index (χ2v) is 8.91. The van der Waals surface area contributed by atoms with Gasteiger partial charge in [0.15, 0.2) is 0 Å². The van der Waals surface area contributed by atoms with Gasteiger partial charge in [0.25, 0.3) is 0 Å². The van der Waals surface area contributed by atoms with Crippen molar-refractivity contribution in [1.29, 1.82) is 0 Å². The second-order valence-electron chi connectivity index (χ2n) is 8.91. The molecule has 0 spiro atoms. The lowest BCUT2D eigenvalue weighted by Gasteiger charge is -2.26. The van der Waals surface area contributed by atoms with Crippen LogP contribution >= 0.6 is 0 Å². The molecule has 0 radical (unpaired) electrons. The molecule has 0 saturated carbocycles. The maximum atomic E-state index is 13.1. The summed E-state index contributed by atoms with van der Waals surface area (Å²) in [6, 6.07) is 29.2. The predicted molar refractivity (Wildman–Crippen MR) is 143 cm³/mol. The van der Waals surface area contributed by atoms with Crippen LogP contribution in [0.2, 0.25) is 0 Å². The fraction of sp³-hybridized carbons (Fsp3) is 0.300. The van der Waals surface area contributed by atoms with E-state index in [1.54, 1.807) is 9.80 Å². The third-order valence-electron chi connectivity index (χ3n) is 6.02. The third-order valence-corrected chi connectivity index (χ3v) is 6.02. The van der Waals surface area contributed by atoms with Gasteiger partial charge < -0.3 is 20.2 Å². The summed E-state index contributed by atoms with van der Waals surface area (Å²) in [6.45, 7) is 2.36. The molecule has 0 aliphatic rings. The van der Waals surface area contributed by atoms with E-state index in [-0.39, 0.29) is 37.7 Å². The quantitative estimate of drug-likeness (QED) is 0.306. The number of carbonyl (C=O) groups is 3. The highest BCUT2D eigenvalue weighted by atomic mass is 16.4. The van der Waals surface area contributed by atoms with Crippen LogP contribution in [0.15, 0.2) is 91.0 Å². The number of carboxylic acid groups (broad SMARTS) is 1. The molecular formula is C30H35N3O4. The number of aliphatic carboxylic acids is 1. The van der Waals surface area contributed by atoms with E-state index >= 15 is 0 Å². The lowest BCUT2D eigenvalue weighted by atomic mass is 10.1. The molecule has 7 heteroatoms. The van der Waals surface area contributed by atoms with E-state index < -0.39 is 5.97 Å². The third kappa shape index (κ3) is 10.3. The first-order valence-electron chi connectivity index (χ1n) is 12.6. The van der Waals surface area contributed by atoms with Gasteiger partial charge in [0.2, 0.25) is 11.8 Å². The number of carboxylic acids is 1. The lowest BCUT2D eigenvalue weighted by molar-refractivity contribution is -0.138. The van der Waals surface area contributed by atoms with Crippen LogP contribution in [0.5, 0.6) is 0 Å². The molecule has 0 bridgehead atoms. The van der Waals surface area contributed by atoms with Gasteiger partial charge in [-0.1, -0.05) is 91.0 Å². The highest BCUT2D eigenvalue weighted by Crippen LogP contribution is 2.11. The summed E-state index contributed by atoms with van der Waals surface area (Å²) in [4.78, 5) is 40.7. The first kappa shape index (κ1) is 27.6. The van der Waals surface area contributed by atoms with Gasteiger partial charge in [0.1, 0.15) is 0 Å². The van der Waals surface area contributed by atoms with Crippen molar-refractivity contribution in [1.82, 2.24) is 15.1 Å². The minimum absolute atomic E-state index is 0.0302. The molecule has 0 fully saturated rings. The molecule has 194 valence electrons. The molecule has 37 heavy (non-hydrogen) atoms. The Hall–Kier alpha value is -3.97. The SMILES string of the molecule is O=C(O)CCN(Cc1ccccc1)C(=O)CCN(Cc1ccccc1)C(=O)CCNCc1ccccc1. The van der Waals surface area contributed by atoms with E-state index in [2.05, 4.69) is 5.32 Å². The van der Waals surface area contributed by atoms with Crippen molar-refractivity contribution >= 4 is 17.8 Å². The van der Waals surface area contributed by atoms with Crippen LogP contribution in [0.4, 0.5) is 0 Å². The average molecular weight is 502 g/mol. The Morgan fingerprint density at radius 3 is 1.51 bits per heavy atom. The number of rotatable bonds is 15. The van der Waals surface area contributed by atoms with Crippen molar-refractivity contribution in [3.05, 3.63) is 108 Å². The van der Waals surface area contributed by atoms with E-state index in [1.165, 1.54) is 0 Å². The molecular weight excluding hydrogens is 466 g/mol. The Balaban J connectivity index is 1.59. The van der Waals surface area contributed by atoms with Crippen molar-refractivity contribution in [3.8, 4) is 0 Å². The monoisotopic (exact) mass is 501 g/mol. The molecule has 0 aromatic heterocycles. The van der Waals surface area contributed by atoms with E-state index in [0.29, 0.717) is 32.6 Å². The van der Waals surface area contributed by atoms with Crippen molar-refractivity contribution in [3.63, 3.8) is 0 Å². The van der Waals surface area contributed by atoms with Crippen molar-refractivity contribution < 1.29 is 19.5 Å². The minimum Gasteiger partial charge on any atom is -0.481 e. The molecule has 0 aliphatic carbocycles. The molecule has 0 unspecified atom stereocenters. The first-order chi connectivity index (χ1) is 18.0. The van der Waals surface area contributed by atoms with Gasteiger partial charge in [0, 0.05) is 52.1 Å². The van der Waals surface area contributed by atoms with E-state index in [9.17, 15) is 14.4 Å². The number of hydrogen-bond donors (Lipinski definition) is 2. The molecule has 3 aromatic carbocycles. The van der Waals surface area contributed by atoms with E-state index in [1.807, 2.05) is 91.0 Å². The van der Waals surface area contributed by atoms with Gasteiger partial charge in [-0.15, -0.1) is 0 Å². The number of amides is 2. The summed E-state index contributed by atoms with van der Waals surface area (Å²) < 4.78 is 0. The van der Waals surface area contributed by atoms with Gasteiger partial charge in [-0.2, -0.15) is 0 Å². The Morgan fingerprint density at radius 2 is 1.03 bits per heavy atom. The standard InChI is InChI=1S/C30H35N3O4/c34-28(16-19-31-22-25-10-4-1-5-11-25)32(23-26-12-6-2-7-13-26)20-17-29(35)33(21-18-30(36)37)24-27-14-8-3-9-15-27/h1-15,31H,16-24H2,(H,36,37). The zero-order chi connectivity index (χ0) is 26.3. The number of nitrogens with zero attached hydrogens (tertiary/aromatic N) is 2. The molecule has 7 nitrogen and oxygen atoms in total. The largest absolute Gasteiger partial charge is 0.481 e. The Bertz CT molecular complexity index is 1110. The maximum absolute atomic E-state index is 13.1. The summed E-state index contributed by atoms with van der Waals surface area (Å²) in [5.41, 5.74) is 3.08. The summed E-state index contributed by atoms with van der Waals surface area (Å²) >= 11 is 0. The molecule has 3 rings (SSSR count). The van der Waals surface area contributed by atoms with Crippen LogP contribution in [-0.2, 0) is 34.0 Å². The zero-order valence-corrected chi connectivity index (χ0v) is 21.1. The summed E-state index contributed by atoms with van der Waals surface area (Å²) in [6.07, 6.45) is 0.321. The van der Waals surface area contributed by atoms with E-state index in [0.717, 1.165) is 16.7 Å². The maximum Gasteiger partial charge on any atom is 0.305 e. The number of hydrogen-bond acceptors (Lipinski definition) is 4. The Kier molecular flexibility index (Phi) is 11.4. The normalized spacial score (nSPS) is 10.6. The fourth-order valence-corrected chi connectivity index (χ4v) is 3.99. The molecule has 2 amide bonds. The fourth-order valence-electron chi connectivity index (χ4n) is 3.99. The highest BCUT2D eigenvalue weighted by molar-refractivity contribution is 5.79. The second kappa shape index (κ2) is 15.2. The predicted octanol–water partition coefficient (Wildman–Crippen LogP) is 4.09. The van der Waals surface area contributed by atoms with Gasteiger partial charge in [0.05, 0.1) is 6.42 Å². The van der Waals surface area contributed by atoms with E-state index in [4.69, 9.17) is 5.11 Å². The van der Waals surface area contributed by atoms with Gasteiger partial charge >= 0.3 is 5.97 Å². The van der Waals surface area contributed by atoms with Crippen LogP contribution in [0, 0.1) is 0 Å². The molecule has 0 atom stereocenters. The van der Waals surface area contributed by atoms with Gasteiger partial charge in [-0.3, -0.25) is 14.4 Å². The van der Waals surface area contributed by atoms with Crippen LogP contribution in [-0.4, -0.2) is 52.3 Å². The number of nitrogens with one attached hydrogen (secondary N) is 1. The van der Waals surface area contributed by atoms with Crippen molar-refractivity contribution in [2.45, 2.75) is 38.9 Å². The molecule has 0 heterocycles. The van der Waals surface area contributed by atoms with Crippen LogP contribution < -0.4 is 5.32 Å². The smallest absolute Gasteiger partial charge is 0.305 e. The molecule has 0 saturated heterocycles. The number of carbonyl (C=O) groups excluding carboxylic acids is 2. The van der Waals surface area contributed by atoms with Crippen LogP contribution in [0.1, 0.15) is 36.0 Å². The summed E-state index contributed by atoms with van der Waals surface area (Å²) in [5, 5.41) is 12.5. The average Bonchev–Trinajstić information content (AvgIpc) is 2.92. The Morgan fingerprint density at radius 1 is 0.595 bits per heavy atom. The molecule has 0 aliphatic heterocycles. The molecule has 2 N–H and O–H groups in total. The first-order valence-corrected chi connectivity index (χ1v) is 12.6. The Labute approximate surface area is 218 Å². The van der Waals surface area contributed by atoms with Crippen LogP contribution in [0.3, 0.4) is 0 Å². The summed E-state index contributed by atoms with van der Waals surface area (Å²) in [7, 11) is 0. The van der Waals surface area contributed by atoms with Crippen LogP contribution in [0.25, 0.3) is 0 Å². The highest BCUT2D eigenvalue weighted by Gasteiger charge is 2.19. The van der Waals surface area contributed by atoms with Crippen molar-refractivity contribution in [2.75, 3.05) is 19.6 Å². The topological polar surface area (TPSA) is 90.0 Å². The van der Waals surface area contributed by atoms with Crippen molar-refractivity contribution in [2.24, 2.45) is 0 Å². The lowest BCUT2D eigenvalue weighted by Crippen LogP contribution is -2.38. The van der Waals surface area contributed by atoms with Gasteiger partial charge in [-0.05, 0) is 16.7 Å². The zero-order valence-electron chi connectivity index (χ0n) is 21.1. The minimum atomic E-state index is -0.949. The number of benzene rings is 3. The molecule has 3 aromatic rings. The van der Waals surface area contributed by atoms with Gasteiger partial charge in [-0.25, -0.2) is 0 Å². The summed E-state index contributed by atoms with van der Waals surface area (Å²) in [5.74, 6) is -1.15.